The molecule has 2 amide bonds. The lowest BCUT2D eigenvalue weighted by atomic mass is 9.99. The van der Waals surface area contributed by atoms with Crippen molar-refractivity contribution in [3.63, 3.8) is 0 Å². The second kappa shape index (κ2) is 12.6. The van der Waals surface area contributed by atoms with Crippen LogP contribution in [-0.4, -0.2) is 23.3 Å². The van der Waals surface area contributed by atoms with Crippen molar-refractivity contribution in [3.8, 4) is 11.3 Å². The molecule has 1 aromatic heterocycles. The van der Waals surface area contributed by atoms with Crippen molar-refractivity contribution in [1.82, 2.24) is 10.3 Å². The summed E-state index contributed by atoms with van der Waals surface area (Å²) in [6, 6.07) is 20.1. The topological polar surface area (TPSA) is 80.3 Å². The standard InChI is InChI=1S/C35H34ClN3O3/c1-21-17-23(3)33-28(18-21)29(19-31(39-33)27-11-7-8-12-30(27)36)35(41)38-26-15-13-25(14-16-26)34(40)37-20-32-22(2)9-5-6-10-24(4)42-32/h7-8,10-19H,5-6,9,20H2,1-4H3,(H,37,40)(H,38,41)/b24-10+,32-22-. The Labute approximate surface area is 251 Å². The van der Waals surface area contributed by atoms with E-state index in [0.29, 0.717) is 34.1 Å². The van der Waals surface area contributed by atoms with Gasteiger partial charge >= 0.3 is 0 Å². The fourth-order valence-corrected chi connectivity index (χ4v) is 5.40. The number of amides is 2. The zero-order valence-electron chi connectivity index (χ0n) is 24.3. The minimum Gasteiger partial charge on any atom is -0.465 e. The van der Waals surface area contributed by atoms with Crippen molar-refractivity contribution in [1.29, 1.82) is 0 Å². The lowest BCUT2D eigenvalue weighted by Crippen LogP contribution is -2.27. The van der Waals surface area contributed by atoms with Crippen LogP contribution >= 0.6 is 11.6 Å². The van der Waals surface area contributed by atoms with Crippen molar-refractivity contribution >= 4 is 40.0 Å². The summed E-state index contributed by atoms with van der Waals surface area (Å²) in [5, 5.41) is 7.28. The summed E-state index contributed by atoms with van der Waals surface area (Å²) in [4.78, 5) is 31.4. The number of ether oxygens (including phenoxy) is 1. The highest BCUT2D eigenvalue weighted by molar-refractivity contribution is 6.33. The number of anilines is 1. The molecule has 2 heterocycles. The maximum Gasteiger partial charge on any atom is 0.256 e. The third-order valence-electron chi connectivity index (χ3n) is 7.41. The molecule has 4 aromatic rings. The van der Waals surface area contributed by atoms with Gasteiger partial charge in [-0.25, -0.2) is 4.98 Å². The lowest BCUT2D eigenvalue weighted by molar-refractivity contribution is 0.0949. The Hall–Kier alpha value is -4.42. The summed E-state index contributed by atoms with van der Waals surface area (Å²) in [5.41, 5.74) is 6.86. The van der Waals surface area contributed by atoms with Gasteiger partial charge in [-0.15, -0.1) is 0 Å². The predicted octanol–water partition coefficient (Wildman–Crippen LogP) is 8.53. The first kappa shape index (κ1) is 29.1. The van der Waals surface area contributed by atoms with E-state index >= 15 is 0 Å². The van der Waals surface area contributed by atoms with Gasteiger partial charge in [0.2, 0.25) is 0 Å². The molecule has 214 valence electrons. The molecule has 0 aliphatic carbocycles. The number of nitrogens with one attached hydrogen (secondary N) is 2. The molecule has 7 heteroatoms. The quantitative estimate of drug-likeness (QED) is 0.240. The van der Waals surface area contributed by atoms with Gasteiger partial charge in [0.1, 0.15) is 5.76 Å². The van der Waals surface area contributed by atoms with E-state index in [4.69, 9.17) is 21.3 Å². The van der Waals surface area contributed by atoms with Crippen molar-refractivity contribution in [2.45, 2.75) is 47.0 Å². The first-order valence-electron chi connectivity index (χ1n) is 14.1. The number of allylic oxidation sites excluding steroid dienone is 3. The molecular weight excluding hydrogens is 546 g/mol. The number of benzene rings is 3. The Morgan fingerprint density at radius 1 is 0.952 bits per heavy atom. The van der Waals surface area contributed by atoms with Crippen LogP contribution < -0.4 is 10.6 Å². The summed E-state index contributed by atoms with van der Waals surface area (Å²) >= 11 is 6.49. The monoisotopic (exact) mass is 579 g/mol. The molecule has 42 heavy (non-hydrogen) atoms. The van der Waals surface area contributed by atoms with Gasteiger partial charge in [0, 0.05) is 27.2 Å². The number of carbonyl (C=O) groups excluding carboxylic acids is 2. The number of rotatable bonds is 6. The van der Waals surface area contributed by atoms with Crippen LogP contribution in [0.25, 0.3) is 22.2 Å². The fraction of sp³-hybridized carbons (Fsp3) is 0.229. The average Bonchev–Trinajstić information content (AvgIpc) is 2.96. The second-order valence-corrected chi connectivity index (χ2v) is 11.1. The summed E-state index contributed by atoms with van der Waals surface area (Å²) < 4.78 is 5.95. The number of hydrogen-bond acceptors (Lipinski definition) is 4. The van der Waals surface area contributed by atoms with Crippen LogP contribution in [0.2, 0.25) is 5.02 Å². The average molecular weight is 580 g/mol. The van der Waals surface area contributed by atoms with E-state index in [1.807, 2.05) is 58.0 Å². The van der Waals surface area contributed by atoms with E-state index in [1.54, 1.807) is 30.3 Å². The van der Waals surface area contributed by atoms with E-state index in [1.165, 1.54) is 0 Å². The normalized spacial score (nSPS) is 16.5. The van der Waals surface area contributed by atoms with Crippen molar-refractivity contribution in [2.24, 2.45) is 0 Å². The molecule has 2 N–H and O–H groups in total. The van der Waals surface area contributed by atoms with Crippen LogP contribution in [0.3, 0.4) is 0 Å². The highest BCUT2D eigenvalue weighted by Gasteiger charge is 2.18. The van der Waals surface area contributed by atoms with E-state index in [0.717, 1.165) is 63.9 Å². The van der Waals surface area contributed by atoms with Crippen LogP contribution in [0.15, 0.2) is 89.9 Å². The van der Waals surface area contributed by atoms with Gasteiger partial charge < -0.3 is 15.4 Å². The third kappa shape index (κ3) is 6.55. The minimum atomic E-state index is -0.273. The van der Waals surface area contributed by atoms with E-state index in [2.05, 4.69) is 22.8 Å². The molecule has 3 aromatic carbocycles. The summed E-state index contributed by atoms with van der Waals surface area (Å²) in [5.74, 6) is 1.15. The molecule has 6 nitrogen and oxygen atoms in total. The van der Waals surface area contributed by atoms with Gasteiger partial charge in [-0.1, -0.05) is 41.4 Å². The molecule has 0 radical (unpaired) electrons. The molecule has 0 spiro atoms. The highest BCUT2D eigenvalue weighted by atomic mass is 35.5. The van der Waals surface area contributed by atoms with Gasteiger partial charge in [0.15, 0.2) is 0 Å². The van der Waals surface area contributed by atoms with Gasteiger partial charge in [0.25, 0.3) is 11.8 Å². The van der Waals surface area contributed by atoms with Crippen molar-refractivity contribution < 1.29 is 14.3 Å². The molecule has 0 saturated carbocycles. The number of halogens is 1. The Morgan fingerprint density at radius 3 is 2.48 bits per heavy atom. The number of carbonyl (C=O) groups is 2. The van der Waals surface area contributed by atoms with Crippen LogP contribution in [-0.2, 0) is 4.74 Å². The molecular formula is C35H34ClN3O3. The predicted molar refractivity (Wildman–Crippen MR) is 170 cm³/mol. The second-order valence-electron chi connectivity index (χ2n) is 10.7. The number of fused-ring (bicyclic) bond motifs is 1. The van der Waals surface area contributed by atoms with Crippen molar-refractivity contribution in [3.05, 3.63) is 117 Å². The summed E-state index contributed by atoms with van der Waals surface area (Å²) in [7, 11) is 0. The van der Waals surface area contributed by atoms with Gasteiger partial charge in [-0.3, -0.25) is 9.59 Å². The van der Waals surface area contributed by atoms with Crippen LogP contribution in [0.1, 0.15) is 65.0 Å². The lowest BCUT2D eigenvalue weighted by Gasteiger charge is -2.17. The smallest absolute Gasteiger partial charge is 0.256 e. The van der Waals surface area contributed by atoms with Crippen LogP contribution in [0.4, 0.5) is 5.69 Å². The van der Waals surface area contributed by atoms with Gasteiger partial charge in [0.05, 0.1) is 29.1 Å². The largest absolute Gasteiger partial charge is 0.465 e. The van der Waals surface area contributed by atoms with E-state index < -0.39 is 0 Å². The molecule has 1 aliphatic heterocycles. The molecule has 0 unspecified atom stereocenters. The number of aromatic nitrogens is 1. The molecule has 0 fully saturated rings. The molecule has 5 rings (SSSR count). The maximum atomic E-state index is 13.7. The number of nitrogens with zero attached hydrogens (tertiary/aromatic N) is 1. The zero-order valence-corrected chi connectivity index (χ0v) is 25.1. The Bertz CT molecular complexity index is 1740. The summed E-state index contributed by atoms with van der Waals surface area (Å²) in [6.45, 7) is 8.28. The molecule has 0 atom stereocenters. The van der Waals surface area contributed by atoms with Gasteiger partial charge in [-0.2, -0.15) is 0 Å². The maximum absolute atomic E-state index is 13.7. The minimum absolute atomic E-state index is 0.212. The fourth-order valence-electron chi connectivity index (χ4n) is 5.16. The van der Waals surface area contributed by atoms with Crippen LogP contribution in [0, 0.1) is 13.8 Å². The number of aryl methyl sites for hydroxylation is 2. The molecule has 0 saturated heterocycles. The van der Waals surface area contributed by atoms with Crippen molar-refractivity contribution in [2.75, 3.05) is 11.9 Å². The third-order valence-corrected chi connectivity index (χ3v) is 7.73. The highest BCUT2D eigenvalue weighted by Crippen LogP contribution is 2.32. The zero-order chi connectivity index (χ0) is 29.8. The number of hydrogen-bond donors (Lipinski definition) is 2. The number of pyridine rings is 1. The Balaban J connectivity index is 1.35. The van der Waals surface area contributed by atoms with Gasteiger partial charge in [-0.05, 0) is 107 Å². The Kier molecular flexibility index (Phi) is 8.74. The molecule has 1 aliphatic rings. The molecule has 0 bridgehead atoms. The first-order chi connectivity index (χ1) is 20.2. The summed E-state index contributed by atoms with van der Waals surface area (Å²) in [6.07, 6.45) is 5.07. The van der Waals surface area contributed by atoms with E-state index in [9.17, 15) is 9.59 Å². The first-order valence-corrected chi connectivity index (χ1v) is 14.5. The SMILES string of the molecule is C/C1=C(\CNC(=O)c2ccc(NC(=O)c3cc(-c4ccccc4Cl)nc4c(C)cc(C)cc34)cc2)O/C(C)=C/CCC1. The van der Waals surface area contributed by atoms with E-state index in [-0.39, 0.29) is 11.8 Å². The van der Waals surface area contributed by atoms with Crippen LogP contribution in [0.5, 0.6) is 0 Å². The Morgan fingerprint density at radius 2 is 1.71 bits per heavy atom.